The zero-order valence-electron chi connectivity index (χ0n) is 16.1. The Morgan fingerprint density at radius 1 is 1.00 bits per heavy atom. The van der Waals surface area contributed by atoms with Gasteiger partial charge in [0.1, 0.15) is 11.6 Å². The summed E-state index contributed by atoms with van der Waals surface area (Å²) < 4.78 is 0. The zero-order chi connectivity index (χ0) is 17.6. The Morgan fingerprint density at radius 3 is 2.09 bits per heavy atom. The van der Waals surface area contributed by atoms with Gasteiger partial charge in [0, 0.05) is 23.4 Å². The van der Waals surface area contributed by atoms with Crippen LogP contribution in [-0.4, -0.2) is 33.3 Å². The van der Waals surface area contributed by atoms with Gasteiger partial charge in [-0.3, -0.25) is 0 Å². The average Bonchev–Trinajstić information content (AvgIpc) is 2.85. The van der Waals surface area contributed by atoms with E-state index in [4.69, 9.17) is 9.97 Å². The minimum Gasteiger partial charge on any atom is -0.388 e. The van der Waals surface area contributed by atoms with Crippen LogP contribution in [0.25, 0.3) is 0 Å². The van der Waals surface area contributed by atoms with Crippen LogP contribution in [0, 0.1) is 0 Å². The molecule has 1 saturated heterocycles. The van der Waals surface area contributed by atoms with Crippen molar-refractivity contribution in [1.82, 2.24) is 9.97 Å². The monoisotopic (exact) mass is 319 g/mol. The molecule has 0 saturated carbocycles. The molecule has 1 fully saturated rings. The van der Waals surface area contributed by atoms with E-state index < -0.39 is 5.60 Å². The Labute approximate surface area is 141 Å². The van der Waals surface area contributed by atoms with E-state index in [0.717, 1.165) is 36.7 Å². The van der Waals surface area contributed by atoms with Crippen LogP contribution < -0.4 is 4.90 Å². The highest BCUT2D eigenvalue weighted by Crippen LogP contribution is 2.34. The lowest BCUT2D eigenvalue weighted by Crippen LogP contribution is -2.46. The van der Waals surface area contributed by atoms with Gasteiger partial charge in [0.05, 0.1) is 17.3 Å². The first-order valence-corrected chi connectivity index (χ1v) is 8.69. The molecular weight excluding hydrogens is 286 g/mol. The Bertz CT molecular complexity index is 529. The summed E-state index contributed by atoms with van der Waals surface area (Å²) in [5, 5.41) is 10.5. The second kappa shape index (κ2) is 5.73. The molecule has 0 aromatic carbocycles. The fourth-order valence-electron chi connectivity index (χ4n) is 3.08. The molecular formula is C19H33N3O. The summed E-state index contributed by atoms with van der Waals surface area (Å²) in [6, 6.07) is 2.22. The highest BCUT2D eigenvalue weighted by atomic mass is 16.3. The lowest BCUT2D eigenvalue weighted by molar-refractivity contribution is 0.0532. The molecule has 0 radical (unpaired) electrons. The van der Waals surface area contributed by atoms with Crippen LogP contribution in [0.1, 0.15) is 79.7 Å². The highest BCUT2D eigenvalue weighted by molar-refractivity contribution is 5.45. The summed E-state index contributed by atoms with van der Waals surface area (Å²) in [4.78, 5) is 12.0. The minimum absolute atomic E-state index is 0.0261. The Kier molecular flexibility index (Phi) is 4.53. The van der Waals surface area contributed by atoms with Crippen molar-refractivity contribution in [1.29, 1.82) is 0 Å². The summed E-state index contributed by atoms with van der Waals surface area (Å²) >= 11 is 0. The predicted molar refractivity (Wildman–Crippen MR) is 96.1 cm³/mol. The van der Waals surface area contributed by atoms with Crippen LogP contribution in [0.5, 0.6) is 0 Å². The van der Waals surface area contributed by atoms with Crippen molar-refractivity contribution in [3.05, 3.63) is 17.6 Å². The Hall–Kier alpha value is -1.16. The third-order valence-electron chi connectivity index (χ3n) is 4.51. The molecule has 4 nitrogen and oxygen atoms in total. The maximum absolute atomic E-state index is 10.5. The first-order chi connectivity index (χ1) is 10.3. The van der Waals surface area contributed by atoms with E-state index in [0.29, 0.717) is 0 Å². The minimum atomic E-state index is -0.731. The lowest BCUT2D eigenvalue weighted by Gasteiger charge is -2.35. The normalized spacial score (nSPS) is 20.2. The van der Waals surface area contributed by atoms with Crippen molar-refractivity contribution in [3.8, 4) is 0 Å². The summed E-state index contributed by atoms with van der Waals surface area (Å²) in [6.07, 6.45) is 2.09. The number of anilines is 1. The molecule has 0 unspecified atom stereocenters. The first-order valence-electron chi connectivity index (χ1n) is 8.69. The number of aliphatic hydroxyl groups is 1. The summed E-state index contributed by atoms with van der Waals surface area (Å²) in [6.45, 7) is 17.7. The molecule has 2 heterocycles. The second-order valence-corrected chi connectivity index (χ2v) is 9.44. The number of hydrogen-bond acceptors (Lipinski definition) is 4. The number of nitrogens with zero attached hydrogens (tertiary/aromatic N) is 3. The molecule has 0 spiro atoms. The smallest absolute Gasteiger partial charge is 0.136 e. The number of rotatable bonds is 2. The van der Waals surface area contributed by atoms with Crippen LogP contribution in [0.15, 0.2) is 6.07 Å². The third-order valence-corrected chi connectivity index (χ3v) is 4.51. The maximum atomic E-state index is 10.5. The third kappa shape index (κ3) is 4.03. The molecule has 1 aliphatic heterocycles. The molecule has 23 heavy (non-hydrogen) atoms. The van der Waals surface area contributed by atoms with Crippen molar-refractivity contribution in [3.63, 3.8) is 0 Å². The van der Waals surface area contributed by atoms with E-state index in [1.807, 2.05) is 13.8 Å². The van der Waals surface area contributed by atoms with Gasteiger partial charge in [0.2, 0.25) is 0 Å². The molecule has 2 rings (SSSR count). The molecule has 1 atom stereocenters. The number of hydrogen-bond donors (Lipinski definition) is 1. The topological polar surface area (TPSA) is 49.2 Å². The van der Waals surface area contributed by atoms with Crippen molar-refractivity contribution >= 4 is 5.82 Å². The Balaban J connectivity index is 2.53. The predicted octanol–water partition coefficient (Wildman–Crippen LogP) is 3.81. The molecule has 0 amide bonds. The Morgan fingerprint density at radius 2 is 1.61 bits per heavy atom. The summed E-state index contributed by atoms with van der Waals surface area (Å²) in [7, 11) is 0. The van der Waals surface area contributed by atoms with Crippen molar-refractivity contribution in [2.75, 3.05) is 11.4 Å². The maximum Gasteiger partial charge on any atom is 0.136 e. The molecule has 1 aromatic heterocycles. The second-order valence-electron chi connectivity index (χ2n) is 9.44. The van der Waals surface area contributed by atoms with Crippen LogP contribution in [-0.2, 0) is 10.8 Å². The molecule has 130 valence electrons. The largest absolute Gasteiger partial charge is 0.388 e. The van der Waals surface area contributed by atoms with Gasteiger partial charge < -0.3 is 10.0 Å². The first kappa shape index (κ1) is 18.2. The van der Waals surface area contributed by atoms with Gasteiger partial charge in [-0.1, -0.05) is 41.5 Å². The van der Waals surface area contributed by atoms with E-state index in [2.05, 4.69) is 52.5 Å². The quantitative estimate of drug-likeness (QED) is 0.900. The lowest BCUT2D eigenvalue weighted by atomic mass is 9.90. The van der Waals surface area contributed by atoms with E-state index in [9.17, 15) is 5.11 Å². The van der Waals surface area contributed by atoms with Crippen LogP contribution >= 0.6 is 0 Å². The van der Waals surface area contributed by atoms with Gasteiger partial charge in [-0.15, -0.1) is 0 Å². The van der Waals surface area contributed by atoms with E-state index in [1.54, 1.807) is 0 Å². The fraction of sp³-hybridized carbons (Fsp3) is 0.789. The van der Waals surface area contributed by atoms with Crippen LogP contribution in [0.2, 0.25) is 0 Å². The van der Waals surface area contributed by atoms with Gasteiger partial charge >= 0.3 is 0 Å². The molecule has 0 aliphatic carbocycles. The fourth-order valence-corrected chi connectivity index (χ4v) is 3.08. The van der Waals surface area contributed by atoms with Crippen LogP contribution in [0.3, 0.4) is 0 Å². The average molecular weight is 319 g/mol. The molecule has 1 N–H and O–H groups in total. The van der Waals surface area contributed by atoms with Gasteiger partial charge in [-0.2, -0.15) is 0 Å². The van der Waals surface area contributed by atoms with Gasteiger partial charge in [0.25, 0.3) is 0 Å². The van der Waals surface area contributed by atoms with Gasteiger partial charge in [0.15, 0.2) is 0 Å². The van der Waals surface area contributed by atoms with E-state index in [1.165, 1.54) is 0 Å². The summed E-state index contributed by atoms with van der Waals surface area (Å²) in [5.41, 5.74) is 0.209. The molecule has 0 bridgehead atoms. The van der Waals surface area contributed by atoms with Gasteiger partial charge in [-0.25, -0.2) is 9.97 Å². The van der Waals surface area contributed by atoms with Crippen molar-refractivity contribution < 1.29 is 5.11 Å². The van der Waals surface area contributed by atoms with Crippen molar-refractivity contribution in [2.24, 2.45) is 0 Å². The van der Waals surface area contributed by atoms with Gasteiger partial charge in [-0.05, 0) is 26.7 Å². The number of aromatic nitrogens is 2. The molecule has 1 aromatic rings. The van der Waals surface area contributed by atoms with E-state index in [-0.39, 0.29) is 16.9 Å². The van der Waals surface area contributed by atoms with Crippen molar-refractivity contribution in [2.45, 2.75) is 90.7 Å². The molecule has 4 heteroatoms. The van der Waals surface area contributed by atoms with Crippen LogP contribution in [0.4, 0.5) is 5.82 Å². The van der Waals surface area contributed by atoms with E-state index >= 15 is 0 Å². The standard InChI is InChI=1S/C19H33N3O/c1-17(2,3)13-12-15(21-16(20-13)18(4,5)6)22-11-9-10-14(22)19(7,8)23/h12,14,23H,9-11H2,1-8H3/t14-/m0/s1. The highest BCUT2D eigenvalue weighted by Gasteiger charge is 2.37. The summed E-state index contributed by atoms with van der Waals surface area (Å²) in [5.74, 6) is 1.83. The molecule has 1 aliphatic rings. The zero-order valence-corrected chi connectivity index (χ0v) is 16.1. The SMILES string of the molecule is CC(C)(C)c1cc(N2CCC[C@H]2C(C)(C)O)nc(C(C)(C)C)n1.